The second-order valence-corrected chi connectivity index (χ2v) is 6.19. The number of rotatable bonds is 4. The van der Waals surface area contributed by atoms with Crippen LogP contribution in [-0.2, 0) is 13.6 Å². The molecule has 7 nitrogen and oxygen atoms in total. The zero-order valence-electron chi connectivity index (χ0n) is 14.6. The van der Waals surface area contributed by atoms with E-state index in [1.807, 2.05) is 30.5 Å². The SMILES string of the molecule is Cc1cccc(-c2nc(NCc3cccnc3)nc3nn(C)c(N)c23)c1. The lowest BCUT2D eigenvalue weighted by molar-refractivity contribution is 0.787. The van der Waals surface area contributed by atoms with Crippen LogP contribution in [0.2, 0.25) is 0 Å². The van der Waals surface area contributed by atoms with E-state index in [1.54, 1.807) is 17.9 Å². The number of nitrogens with two attached hydrogens (primary N) is 1. The zero-order chi connectivity index (χ0) is 18.1. The first kappa shape index (κ1) is 16.0. The summed E-state index contributed by atoms with van der Waals surface area (Å²) in [5.41, 5.74) is 10.8. The zero-order valence-corrected chi connectivity index (χ0v) is 14.6. The van der Waals surface area contributed by atoms with Gasteiger partial charge in [-0.3, -0.25) is 9.67 Å². The highest BCUT2D eigenvalue weighted by Gasteiger charge is 2.17. The summed E-state index contributed by atoms with van der Waals surface area (Å²) in [6.45, 7) is 2.63. The monoisotopic (exact) mass is 345 g/mol. The lowest BCUT2D eigenvalue weighted by Crippen LogP contribution is -2.05. The molecule has 7 heteroatoms. The van der Waals surface area contributed by atoms with Gasteiger partial charge in [-0.2, -0.15) is 10.1 Å². The summed E-state index contributed by atoms with van der Waals surface area (Å²) in [4.78, 5) is 13.4. The average Bonchev–Trinajstić information content (AvgIpc) is 2.94. The van der Waals surface area contributed by atoms with Gasteiger partial charge in [0.1, 0.15) is 5.82 Å². The maximum Gasteiger partial charge on any atom is 0.225 e. The Morgan fingerprint density at radius 3 is 2.81 bits per heavy atom. The van der Waals surface area contributed by atoms with Crippen molar-refractivity contribution in [2.24, 2.45) is 7.05 Å². The molecule has 0 aliphatic heterocycles. The van der Waals surface area contributed by atoms with E-state index in [4.69, 9.17) is 10.7 Å². The number of nitrogens with zero attached hydrogens (tertiary/aromatic N) is 5. The van der Waals surface area contributed by atoms with Crippen LogP contribution in [0.25, 0.3) is 22.3 Å². The molecular weight excluding hydrogens is 326 g/mol. The number of hydrogen-bond acceptors (Lipinski definition) is 6. The van der Waals surface area contributed by atoms with Crippen molar-refractivity contribution in [3.63, 3.8) is 0 Å². The number of hydrogen-bond donors (Lipinski definition) is 2. The highest BCUT2D eigenvalue weighted by atomic mass is 15.3. The van der Waals surface area contributed by atoms with Crippen molar-refractivity contribution in [3.05, 3.63) is 59.9 Å². The second-order valence-electron chi connectivity index (χ2n) is 6.19. The van der Waals surface area contributed by atoms with Gasteiger partial charge in [-0.15, -0.1) is 0 Å². The quantitative estimate of drug-likeness (QED) is 0.590. The molecule has 130 valence electrons. The number of aromatic nitrogens is 5. The van der Waals surface area contributed by atoms with E-state index >= 15 is 0 Å². The van der Waals surface area contributed by atoms with Gasteiger partial charge in [0.15, 0.2) is 5.65 Å². The molecule has 0 fully saturated rings. The van der Waals surface area contributed by atoms with Gasteiger partial charge in [-0.25, -0.2) is 4.98 Å². The number of aryl methyl sites for hydroxylation is 2. The van der Waals surface area contributed by atoms with Crippen LogP contribution in [0, 0.1) is 6.92 Å². The van der Waals surface area contributed by atoms with Crippen molar-refractivity contribution in [1.29, 1.82) is 0 Å². The van der Waals surface area contributed by atoms with E-state index in [0.29, 0.717) is 24.0 Å². The molecule has 3 heterocycles. The number of fused-ring (bicyclic) bond motifs is 1. The fourth-order valence-corrected chi connectivity index (χ4v) is 2.88. The number of anilines is 2. The van der Waals surface area contributed by atoms with Crippen molar-refractivity contribution >= 4 is 22.8 Å². The molecule has 0 radical (unpaired) electrons. The molecule has 1 aromatic carbocycles. The van der Waals surface area contributed by atoms with E-state index in [0.717, 1.165) is 27.8 Å². The molecule has 0 saturated heterocycles. The van der Waals surface area contributed by atoms with Gasteiger partial charge in [-0.1, -0.05) is 29.8 Å². The Morgan fingerprint density at radius 2 is 2.04 bits per heavy atom. The first-order valence-corrected chi connectivity index (χ1v) is 8.32. The van der Waals surface area contributed by atoms with Crippen molar-refractivity contribution in [1.82, 2.24) is 24.7 Å². The van der Waals surface area contributed by atoms with Crippen molar-refractivity contribution in [3.8, 4) is 11.3 Å². The van der Waals surface area contributed by atoms with Crippen LogP contribution in [0.15, 0.2) is 48.8 Å². The van der Waals surface area contributed by atoms with Gasteiger partial charge in [0, 0.05) is 31.5 Å². The van der Waals surface area contributed by atoms with Crippen LogP contribution in [0.4, 0.5) is 11.8 Å². The second kappa shape index (κ2) is 6.44. The van der Waals surface area contributed by atoms with Gasteiger partial charge >= 0.3 is 0 Å². The van der Waals surface area contributed by atoms with Gasteiger partial charge in [0.2, 0.25) is 5.95 Å². The van der Waals surface area contributed by atoms with Crippen LogP contribution in [-0.4, -0.2) is 24.7 Å². The number of nitrogen functional groups attached to an aromatic ring is 1. The van der Waals surface area contributed by atoms with Crippen molar-refractivity contribution in [2.45, 2.75) is 13.5 Å². The summed E-state index contributed by atoms with van der Waals surface area (Å²) in [5.74, 6) is 1.06. The van der Waals surface area contributed by atoms with Crippen LogP contribution in [0.5, 0.6) is 0 Å². The fraction of sp³-hybridized carbons (Fsp3) is 0.158. The van der Waals surface area contributed by atoms with E-state index < -0.39 is 0 Å². The van der Waals surface area contributed by atoms with E-state index in [9.17, 15) is 0 Å². The minimum absolute atomic E-state index is 0.510. The Labute approximate surface area is 150 Å². The Bertz CT molecular complexity index is 1070. The third-order valence-electron chi connectivity index (χ3n) is 4.20. The van der Waals surface area contributed by atoms with Crippen LogP contribution in [0.3, 0.4) is 0 Å². The lowest BCUT2D eigenvalue weighted by atomic mass is 10.1. The minimum atomic E-state index is 0.510. The Morgan fingerprint density at radius 1 is 1.15 bits per heavy atom. The Balaban J connectivity index is 1.80. The first-order chi connectivity index (χ1) is 12.6. The number of pyridine rings is 1. The van der Waals surface area contributed by atoms with Gasteiger partial charge in [-0.05, 0) is 24.6 Å². The summed E-state index contributed by atoms with van der Waals surface area (Å²) >= 11 is 0. The standard InChI is InChI=1S/C19H19N7/c1-12-5-3-7-14(9-12)16-15-17(20)26(2)25-18(15)24-19(23-16)22-11-13-6-4-8-21-10-13/h3-10H,11,20H2,1-2H3,(H,22,24,25). The normalized spacial score (nSPS) is 11.0. The van der Waals surface area contributed by atoms with E-state index in [1.165, 1.54) is 0 Å². The summed E-state index contributed by atoms with van der Waals surface area (Å²) in [7, 11) is 1.81. The summed E-state index contributed by atoms with van der Waals surface area (Å²) in [5, 5.41) is 8.45. The predicted octanol–water partition coefficient (Wildman–Crippen LogP) is 2.93. The Kier molecular flexibility index (Phi) is 3.96. The van der Waals surface area contributed by atoms with Crippen LogP contribution < -0.4 is 11.1 Å². The number of nitrogens with one attached hydrogen (secondary N) is 1. The van der Waals surface area contributed by atoms with E-state index in [2.05, 4.69) is 39.4 Å². The molecule has 0 aliphatic rings. The number of benzene rings is 1. The summed E-state index contributed by atoms with van der Waals surface area (Å²) in [6, 6.07) is 12.1. The minimum Gasteiger partial charge on any atom is -0.383 e. The molecule has 0 amide bonds. The molecule has 4 rings (SSSR count). The maximum atomic E-state index is 6.22. The largest absolute Gasteiger partial charge is 0.383 e. The fourth-order valence-electron chi connectivity index (χ4n) is 2.88. The van der Waals surface area contributed by atoms with Crippen molar-refractivity contribution < 1.29 is 0 Å². The average molecular weight is 345 g/mol. The molecule has 3 aromatic heterocycles. The molecule has 0 unspecified atom stereocenters. The van der Waals surface area contributed by atoms with Crippen LogP contribution >= 0.6 is 0 Å². The third-order valence-corrected chi connectivity index (χ3v) is 4.20. The van der Waals surface area contributed by atoms with E-state index in [-0.39, 0.29) is 0 Å². The van der Waals surface area contributed by atoms with Gasteiger partial charge in [0.25, 0.3) is 0 Å². The van der Waals surface area contributed by atoms with Gasteiger partial charge < -0.3 is 11.1 Å². The maximum absolute atomic E-state index is 6.22. The van der Waals surface area contributed by atoms with Crippen LogP contribution in [0.1, 0.15) is 11.1 Å². The molecule has 0 spiro atoms. The first-order valence-electron chi connectivity index (χ1n) is 8.32. The smallest absolute Gasteiger partial charge is 0.225 e. The highest BCUT2D eigenvalue weighted by molar-refractivity contribution is 5.98. The van der Waals surface area contributed by atoms with Crippen molar-refractivity contribution in [2.75, 3.05) is 11.1 Å². The molecule has 0 bridgehead atoms. The molecule has 3 N–H and O–H groups in total. The third kappa shape index (κ3) is 2.95. The summed E-state index contributed by atoms with van der Waals surface area (Å²) < 4.78 is 1.63. The molecular formula is C19H19N7. The van der Waals surface area contributed by atoms with Gasteiger partial charge in [0.05, 0.1) is 11.1 Å². The molecule has 26 heavy (non-hydrogen) atoms. The lowest BCUT2D eigenvalue weighted by Gasteiger charge is -2.09. The highest BCUT2D eigenvalue weighted by Crippen LogP contribution is 2.31. The topological polar surface area (TPSA) is 94.5 Å². The Hall–Kier alpha value is -3.48. The molecule has 4 aromatic rings. The molecule has 0 aliphatic carbocycles. The predicted molar refractivity (Wildman–Crippen MR) is 102 cm³/mol. The summed E-state index contributed by atoms with van der Waals surface area (Å²) in [6.07, 6.45) is 3.56. The molecule has 0 saturated carbocycles. The molecule has 0 atom stereocenters.